The van der Waals surface area contributed by atoms with Crippen molar-refractivity contribution in [3.63, 3.8) is 0 Å². The van der Waals surface area contributed by atoms with Crippen LogP contribution in [0.3, 0.4) is 0 Å². The molecule has 1 aliphatic carbocycles. The second-order valence-electron chi connectivity index (χ2n) is 4.94. The van der Waals surface area contributed by atoms with Crippen LogP contribution in [0.15, 0.2) is 12.1 Å². The monoisotopic (exact) mass is 231 g/mol. The first-order valence-electron chi connectivity index (χ1n) is 6.15. The maximum absolute atomic E-state index is 4.48. The molecule has 0 atom stereocenters. The number of anilines is 1. The molecule has 0 aliphatic heterocycles. The molecule has 1 saturated carbocycles. The van der Waals surface area contributed by atoms with E-state index in [0.717, 1.165) is 23.8 Å². The predicted molar refractivity (Wildman–Crippen MR) is 66.0 cm³/mol. The Kier molecular flexibility index (Phi) is 2.28. The lowest BCUT2D eigenvalue weighted by Crippen LogP contribution is -2.15. The first kappa shape index (κ1) is 10.5. The number of hydrogen-bond donors (Lipinski definition) is 1. The van der Waals surface area contributed by atoms with Gasteiger partial charge in [-0.25, -0.2) is 0 Å². The van der Waals surface area contributed by atoms with Crippen LogP contribution in [0.25, 0.3) is 5.65 Å². The highest BCUT2D eigenvalue weighted by atomic mass is 15.4. The van der Waals surface area contributed by atoms with Crippen molar-refractivity contribution in [3.05, 3.63) is 18.0 Å². The zero-order valence-corrected chi connectivity index (χ0v) is 10.3. The SMILES string of the molecule is CCC1(CNc2ccc3nnc(C)n3n2)CC1. The molecule has 0 amide bonds. The molecule has 90 valence electrons. The number of aromatic nitrogens is 4. The van der Waals surface area contributed by atoms with Gasteiger partial charge in [-0.1, -0.05) is 6.92 Å². The Balaban J connectivity index is 1.78. The topological polar surface area (TPSA) is 55.1 Å². The highest BCUT2D eigenvalue weighted by Gasteiger charge is 2.40. The van der Waals surface area contributed by atoms with Crippen molar-refractivity contribution < 1.29 is 0 Å². The molecule has 17 heavy (non-hydrogen) atoms. The summed E-state index contributed by atoms with van der Waals surface area (Å²) in [5.74, 6) is 1.72. The molecule has 1 fully saturated rings. The van der Waals surface area contributed by atoms with Gasteiger partial charge in [0.05, 0.1) is 0 Å². The number of rotatable bonds is 4. The van der Waals surface area contributed by atoms with Crippen LogP contribution >= 0.6 is 0 Å². The standard InChI is InChI=1S/C12H17N5/c1-3-12(6-7-12)8-13-10-4-5-11-15-14-9(2)17(11)16-10/h4-5H,3,6-8H2,1-2H3,(H,13,16). The largest absolute Gasteiger partial charge is 0.368 e. The van der Waals surface area contributed by atoms with Gasteiger partial charge in [-0.3, -0.25) is 0 Å². The minimum Gasteiger partial charge on any atom is -0.368 e. The molecule has 2 heterocycles. The van der Waals surface area contributed by atoms with Crippen LogP contribution in [0.4, 0.5) is 5.82 Å². The molecular formula is C12H17N5. The quantitative estimate of drug-likeness (QED) is 0.874. The van der Waals surface area contributed by atoms with E-state index in [1.54, 1.807) is 4.52 Å². The van der Waals surface area contributed by atoms with Gasteiger partial charge in [0.25, 0.3) is 0 Å². The Bertz CT molecular complexity index is 541. The van der Waals surface area contributed by atoms with E-state index >= 15 is 0 Å². The van der Waals surface area contributed by atoms with Crippen LogP contribution < -0.4 is 5.32 Å². The highest BCUT2D eigenvalue weighted by Crippen LogP contribution is 2.48. The molecule has 0 radical (unpaired) electrons. The maximum Gasteiger partial charge on any atom is 0.178 e. The Labute approximate surface area is 100 Å². The van der Waals surface area contributed by atoms with Gasteiger partial charge < -0.3 is 5.32 Å². The van der Waals surface area contributed by atoms with E-state index in [2.05, 4.69) is 27.5 Å². The van der Waals surface area contributed by atoms with Crippen LogP contribution in [-0.4, -0.2) is 26.4 Å². The number of nitrogens with one attached hydrogen (secondary N) is 1. The fourth-order valence-corrected chi connectivity index (χ4v) is 2.10. The van der Waals surface area contributed by atoms with E-state index in [1.807, 2.05) is 19.1 Å². The molecule has 0 bridgehead atoms. The number of fused-ring (bicyclic) bond motifs is 1. The molecule has 0 spiro atoms. The summed E-state index contributed by atoms with van der Waals surface area (Å²) in [5.41, 5.74) is 1.32. The van der Waals surface area contributed by atoms with Crippen LogP contribution in [0, 0.1) is 12.3 Å². The lowest BCUT2D eigenvalue weighted by molar-refractivity contribution is 0.520. The Morgan fingerprint density at radius 2 is 2.18 bits per heavy atom. The average molecular weight is 231 g/mol. The molecular weight excluding hydrogens is 214 g/mol. The van der Waals surface area contributed by atoms with E-state index in [0.29, 0.717) is 5.41 Å². The third-order valence-corrected chi connectivity index (χ3v) is 3.77. The summed E-state index contributed by atoms with van der Waals surface area (Å²) >= 11 is 0. The van der Waals surface area contributed by atoms with E-state index in [9.17, 15) is 0 Å². The number of hydrogen-bond acceptors (Lipinski definition) is 4. The van der Waals surface area contributed by atoms with Crippen molar-refractivity contribution in [2.75, 3.05) is 11.9 Å². The molecule has 0 aromatic carbocycles. The summed E-state index contributed by atoms with van der Waals surface area (Å²) < 4.78 is 1.77. The maximum atomic E-state index is 4.48. The molecule has 5 nitrogen and oxygen atoms in total. The normalized spacial score (nSPS) is 17.3. The zero-order chi connectivity index (χ0) is 11.9. The van der Waals surface area contributed by atoms with Crippen molar-refractivity contribution >= 4 is 11.5 Å². The van der Waals surface area contributed by atoms with Gasteiger partial charge >= 0.3 is 0 Å². The van der Waals surface area contributed by atoms with Gasteiger partial charge in [0, 0.05) is 6.54 Å². The molecule has 1 aliphatic rings. The summed E-state index contributed by atoms with van der Waals surface area (Å²) in [7, 11) is 0. The highest BCUT2D eigenvalue weighted by molar-refractivity contribution is 5.44. The fourth-order valence-electron chi connectivity index (χ4n) is 2.10. The molecule has 1 N–H and O–H groups in total. The van der Waals surface area contributed by atoms with Crippen LogP contribution in [0.2, 0.25) is 0 Å². The first-order chi connectivity index (χ1) is 8.22. The minimum atomic E-state index is 0.527. The van der Waals surface area contributed by atoms with E-state index in [1.165, 1.54) is 19.3 Å². The third kappa shape index (κ3) is 1.85. The van der Waals surface area contributed by atoms with Crippen molar-refractivity contribution in [3.8, 4) is 0 Å². The summed E-state index contributed by atoms with van der Waals surface area (Å²) in [6, 6.07) is 3.91. The smallest absolute Gasteiger partial charge is 0.178 e. The van der Waals surface area contributed by atoms with Crippen LogP contribution in [0.1, 0.15) is 32.0 Å². The third-order valence-electron chi connectivity index (χ3n) is 3.77. The van der Waals surface area contributed by atoms with Crippen molar-refractivity contribution in [2.45, 2.75) is 33.1 Å². The van der Waals surface area contributed by atoms with Gasteiger partial charge in [0.2, 0.25) is 0 Å². The summed E-state index contributed by atoms with van der Waals surface area (Å²) in [5, 5.41) is 15.9. The molecule has 3 rings (SSSR count). The molecule has 0 saturated heterocycles. The van der Waals surface area contributed by atoms with Crippen molar-refractivity contribution in [1.82, 2.24) is 19.8 Å². The number of aryl methyl sites for hydroxylation is 1. The molecule has 2 aromatic rings. The zero-order valence-electron chi connectivity index (χ0n) is 10.3. The fraction of sp³-hybridized carbons (Fsp3) is 0.583. The van der Waals surface area contributed by atoms with E-state index in [-0.39, 0.29) is 0 Å². The second-order valence-corrected chi connectivity index (χ2v) is 4.94. The van der Waals surface area contributed by atoms with Gasteiger partial charge in [0.15, 0.2) is 11.5 Å². The first-order valence-corrected chi connectivity index (χ1v) is 6.15. The van der Waals surface area contributed by atoms with E-state index < -0.39 is 0 Å². The predicted octanol–water partition coefficient (Wildman–Crippen LogP) is 2.03. The van der Waals surface area contributed by atoms with E-state index in [4.69, 9.17) is 0 Å². The summed E-state index contributed by atoms with van der Waals surface area (Å²) in [6.45, 7) is 5.18. The minimum absolute atomic E-state index is 0.527. The van der Waals surface area contributed by atoms with Crippen LogP contribution in [0.5, 0.6) is 0 Å². The average Bonchev–Trinajstić information content (AvgIpc) is 3.06. The molecule has 0 unspecified atom stereocenters. The second kappa shape index (κ2) is 3.68. The van der Waals surface area contributed by atoms with Crippen molar-refractivity contribution in [1.29, 1.82) is 0 Å². The molecule has 5 heteroatoms. The number of nitrogens with zero attached hydrogens (tertiary/aromatic N) is 4. The van der Waals surface area contributed by atoms with Gasteiger partial charge in [-0.2, -0.15) is 4.52 Å². The van der Waals surface area contributed by atoms with Crippen LogP contribution in [-0.2, 0) is 0 Å². The van der Waals surface area contributed by atoms with Gasteiger partial charge in [-0.15, -0.1) is 15.3 Å². The molecule has 2 aromatic heterocycles. The van der Waals surface area contributed by atoms with Crippen molar-refractivity contribution in [2.24, 2.45) is 5.41 Å². The lowest BCUT2D eigenvalue weighted by atomic mass is 10.0. The Morgan fingerprint density at radius 1 is 1.35 bits per heavy atom. The lowest BCUT2D eigenvalue weighted by Gasteiger charge is -2.13. The summed E-state index contributed by atoms with van der Waals surface area (Å²) in [4.78, 5) is 0. The Morgan fingerprint density at radius 3 is 2.88 bits per heavy atom. The summed E-state index contributed by atoms with van der Waals surface area (Å²) in [6.07, 6.45) is 3.92. The Hall–Kier alpha value is -1.65. The van der Waals surface area contributed by atoms with Gasteiger partial charge in [-0.05, 0) is 43.7 Å². The van der Waals surface area contributed by atoms with Gasteiger partial charge in [0.1, 0.15) is 5.82 Å².